The Labute approximate surface area is 156 Å². The highest BCUT2D eigenvalue weighted by atomic mass is 35.5. The van der Waals surface area contributed by atoms with Crippen LogP contribution in [0.1, 0.15) is 26.4 Å². The van der Waals surface area contributed by atoms with Crippen LogP contribution in [0.25, 0.3) is 0 Å². The first-order chi connectivity index (χ1) is 12.0. The van der Waals surface area contributed by atoms with Crippen molar-refractivity contribution in [3.05, 3.63) is 80.0 Å². The van der Waals surface area contributed by atoms with Crippen molar-refractivity contribution in [1.82, 2.24) is 0 Å². The normalized spacial score (nSPS) is 11.6. The molecule has 2 N–H and O–H groups in total. The molecule has 0 saturated carbocycles. The molecule has 3 aromatic rings. The summed E-state index contributed by atoms with van der Waals surface area (Å²) in [6.07, 6.45) is 0. The van der Waals surface area contributed by atoms with E-state index in [1.807, 2.05) is 56.3 Å². The number of nitrogens with one attached hydrogen (secondary N) is 1. The maximum Gasteiger partial charge on any atom is 0.119 e. The van der Waals surface area contributed by atoms with Gasteiger partial charge >= 0.3 is 0 Å². The summed E-state index contributed by atoms with van der Waals surface area (Å²) in [4.78, 5) is 2.27. The van der Waals surface area contributed by atoms with Gasteiger partial charge in [-0.2, -0.15) is 0 Å². The van der Waals surface area contributed by atoms with E-state index < -0.39 is 0 Å². The molecule has 0 spiro atoms. The summed E-state index contributed by atoms with van der Waals surface area (Å²) in [6, 6.07) is 15.8. The fourth-order valence-corrected chi connectivity index (χ4v) is 3.97. The summed E-state index contributed by atoms with van der Waals surface area (Å²) in [7, 11) is 0. The summed E-state index contributed by atoms with van der Waals surface area (Å²) < 4.78 is 0. The predicted octanol–water partition coefficient (Wildman–Crippen LogP) is 6.30. The van der Waals surface area contributed by atoms with E-state index in [4.69, 9.17) is 11.6 Å². The molecular weight excluding hydrogens is 352 g/mol. The highest BCUT2D eigenvalue weighted by molar-refractivity contribution is 7.12. The molecule has 3 rings (SSSR count). The van der Waals surface area contributed by atoms with Gasteiger partial charge in [-0.25, -0.2) is 0 Å². The van der Waals surface area contributed by atoms with E-state index in [9.17, 15) is 5.21 Å². The molecule has 0 unspecified atom stereocenters. The minimum absolute atomic E-state index is 0.495. The third kappa shape index (κ3) is 3.70. The molecule has 25 heavy (non-hydrogen) atoms. The van der Waals surface area contributed by atoms with Crippen LogP contribution in [0.4, 0.5) is 11.4 Å². The van der Waals surface area contributed by atoms with Crippen molar-refractivity contribution in [3.63, 3.8) is 0 Å². The number of aryl methyl sites for hydroxylation is 3. The van der Waals surface area contributed by atoms with Crippen LogP contribution in [0, 0.1) is 20.8 Å². The lowest BCUT2D eigenvalue weighted by Crippen LogP contribution is -2.05. The third-order valence-corrected chi connectivity index (χ3v) is 5.32. The molecule has 0 bridgehead atoms. The molecule has 0 fully saturated rings. The monoisotopic (exact) mass is 370 g/mol. The lowest BCUT2D eigenvalue weighted by Gasteiger charge is -2.12. The molecule has 1 aromatic heterocycles. The zero-order valence-corrected chi connectivity index (χ0v) is 15.9. The number of thiophene rings is 1. The molecule has 0 atom stereocenters. The maximum absolute atomic E-state index is 9.55. The lowest BCUT2D eigenvalue weighted by molar-refractivity contribution is 0.319. The Kier molecular flexibility index (Phi) is 5.11. The van der Waals surface area contributed by atoms with Crippen LogP contribution in [-0.2, 0) is 0 Å². The Morgan fingerprint density at radius 1 is 1.04 bits per heavy atom. The summed E-state index contributed by atoms with van der Waals surface area (Å²) in [5, 5.41) is 17.0. The minimum atomic E-state index is 0.495. The SMILES string of the molecule is Cc1cc(/C(=N\O)c2ccc(Nc3ccccc3C)cc2Cl)c(C)s1. The second-order valence-electron chi connectivity index (χ2n) is 5.91. The number of benzene rings is 2. The van der Waals surface area contributed by atoms with Gasteiger partial charge in [-0.05, 0) is 56.7 Å². The fourth-order valence-electron chi connectivity index (χ4n) is 2.77. The Bertz CT molecular complexity index is 947. The molecule has 0 aliphatic heterocycles. The first-order valence-corrected chi connectivity index (χ1v) is 9.11. The van der Waals surface area contributed by atoms with Crippen molar-refractivity contribution < 1.29 is 5.21 Å². The van der Waals surface area contributed by atoms with Crippen molar-refractivity contribution in [2.75, 3.05) is 5.32 Å². The molecule has 0 aliphatic carbocycles. The van der Waals surface area contributed by atoms with E-state index >= 15 is 0 Å². The van der Waals surface area contributed by atoms with Gasteiger partial charge in [-0.3, -0.25) is 0 Å². The Balaban J connectivity index is 1.94. The van der Waals surface area contributed by atoms with E-state index in [1.54, 1.807) is 11.3 Å². The number of para-hydroxylation sites is 1. The van der Waals surface area contributed by atoms with E-state index in [0.29, 0.717) is 16.3 Å². The van der Waals surface area contributed by atoms with Gasteiger partial charge in [0.1, 0.15) is 5.71 Å². The zero-order chi connectivity index (χ0) is 18.0. The van der Waals surface area contributed by atoms with Crippen molar-refractivity contribution in [3.8, 4) is 0 Å². The smallest absolute Gasteiger partial charge is 0.119 e. The van der Waals surface area contributed by atoms with Gasteiger partial charge in [0.05, 0.1) is 5.02 Å². The maximum atomic E-state index is 9.55. The highest BCUT2D eigenvalue weighted by Gasteiger charge is 2.16. The lowest BCUT2D eigenvalue weighted by atomic mass is 10.0. The highest BCUT2D eigenvalue weighted by Crippen LogP contribution is 2.30. The summed E-state index contributed by atoms with van der Waals surface area (Å²) in [5.74, 6) is 0. The molecule has 0 aliphatic rings. The average Bonchev–Trinajstić information content (AvgIpc) is 2.91. The van der Waals surface area contributed by atoms with Crippen LogP contribution in [0.2, 0.25) is 5.02 Å². The molecule has 1 heterocycles. The van der Waals surface area contributed by atoms with Gasteiger partial charge in [0.25, 0.3) is 0 Å². The molecule has 128 valence electrons. The van der Waals surface area contributed by atoms with Gasteiger partial charge in [0.2, 0.25) is 0 Å². The molecule has 3 nitrogen and oxygen atoms in total. The van der Waals surface area contributed by atoms with E-state index in [0.717, 1.165) is 27.4 Å². The van der Waals surface area contributed by atoms with Gasteiger partial charge in [-0.1, -0.05) is 35.0 Å². The molecule has 0 radical (unpaired) electrons. The van der Waals surface area contributed by atoms with Gasteiger partial charge in [0.15, 0.2) is 0 Å². The number of nitrogens with zero attached hydrogens (tertiary/aromatic N) is 1. The molecule has 0 saturated heterocycles. The number of rotatable bonds is 4. The van der Waals surface area contributed by atoms with Crippen LogP contribution in [0.5, 0.6) is 0 Å². The van der Waals surface area contributed by atoms with E-state index in [-0.39, 0.29) is 0 Å². The summed E-state index contributed by atoms with van der Waals surface area (Å²) in [5.41, 5.74) is 5.19. The second kappa shape index (κ2) is 7.30. The molecular formula is C20H19ClN2OS. The largest absolute Gasteiger partial charge is 0.410 e. The zero-order valence-electron chi connectivity index (χ0n) is 14.3. The number of oxime groups is 1. The van der Waals surface area contributed by atoms with Gasteiger partial charge in [0, 0.05) is 32.3 Å². The van der Waals surface area contributed by atoms with E-state index in [2.05, 4.69) is 23.5 Å². The van der Waals surface area contributed by atoms with Crippen LogP contribution >= 0.6 is 22.9 Å². The quantitative estimate of drug-likeness (QED) is 0.321. The Hall–Kier alpha value is -2.30. The minimum Gasteiger partial charge on any atom is -0.410 e. The molecule has 2 aromatic carbocycles. The molecule has 5 heteroatoms. The number of anilines is 2. The van der Waals surface area contributed by atoms with Gasteiger partial charge in [-0.15, -0.1) is 11.3 Å². The topological polar surface area (TPSA) is 44.6 Å². The van der Waals surface area contributed by atoms with Crippen molar-refractivity contribution >= 4 is 40.0 Å². The van der Waals surface area contributed by atoms with Crippen molar-refractivity contribution in [1.29, 1.82) is 0 Å². The van der Waals surface area contributed by atoms with Crippen LogP contribution in [0.3, 0.4) is 0 Å². The summed E-state index contributed by atoms with van der Waals surface area (Å²) >= 11 is 8.16. The standard InChI is InChI=1S/C20H19ClN2OS/c1-12-6-4-5-7-19(12)22-15-8-9-16(18(21)11-15)20(23-24)17-10-13(2)25-14(17)3/h4-11,22,24H,1-3H3/b23-20-. The first-order valence-electron chi connectivity index (χ1n) is 7.91. The predicted molar refractivity (Wildman–Crippen MR) is 107 cm³/mol. The van der Waals surface area contributed by atoms with Crippen molar-refractivity contribution in [2.45, 2.75) is 20.8 Å². The number of hydrogen-bond acceptors (Lipinski definition) is 4. The number of halogens is 1. The van der Waals surface area contributed by atoms with Gasteiger partial charge < -0.3 is 10.5 Å². The van der Waals surface area contributed by atoms with Crippen molar-refractivity contribution in [2.24, 2.45) is 5.16 Å². The van der Waals surface area contributed by atoms with Crippen LogP contribution in [-0.4, -0.2) is 10.9 Å². The Morgan fingerprint density at radius 3 is 2.40 bits per heavy atom. The average molecular weight is 371 g/mol. The molecule has 0 amide bonds. The second-order valence-corrected chi connectivity index (χ2v) is 7.78. The third-order valence-electron chi connectivity index (χ3n) is 4.04. The van der Waals surface area contributed by atoms with Crippen LogP contribution < -0.4 is 5.32 Å². The first kappa shape index (κ1) is 17.5. The Morgan fingerprint density at radius 2 is 1.80 bits per heavy atom. The number of hydrogen-bond donors (Lipinski definition) is 2. The van der Waals surface area contributed by atoms with E-state index in [1.165, 1.54) is 4.88 Å². The summed E-state index contributed by atoms with van der Waals surface area (Å²) in [6.45, 7) is 6.10. The van der Waals surface area contributed by atoms with Crippen LogP contribution in [0.15, 0.2) is 53.7 Å². The fraction of sp³-hybridized carbons (Fsp3) is 0.150.